The first-order valence-electron chi connectivity index (χ1n) is 9.21. The number of ether oxygens (including phenoxy) is 2. The molecule has 1 aromatic carbocycles. The molecule has 0 bridgehead atoms. The zero-order chi connectivity index (χ0) is 20.4. The third-order valence-electron chi connectivity index (χ3n) is 5.57. The van der Waals surface area contributed by atoms with Gasteiger partial charge in [-0.25, -0.2) is 0 Å². The Balaban J connectivity index is 2.16. The second kappa shape index (κ2) is 6.09. The molecule has 0 saturated carbocycles. The van der Waals surface area contributed by atoms with Crippen molar-refractivity contribution in [2.75, 3.05) is 14.2 Å². The van der Waals surface area contributed by atoms with Gasteiger partial charge in [0.25, 0.3) is 0 Å². The van der Waals surface area contributed by atoms with Crippen molar-refractivity contribution in [2.24, 2.45) is 0 Å². The van der Waals surface area contributed by atoms with E-state index in [4.69, 9.17) is 9.47 Å². The smallest absolute Gasteiger partial charge is 0.497 e. The molecule has 0 saturated heterocycles. The maximum absolute atomic E-state index is 15.6. The van der Waals surface area contributed by atoms with Crippen molar-refractivity contribution >= 4 is 18.3 Å². The number of nitrogens with zero attached hydrogens (tertiary/aromatic N) is 2. The third kappa shape index (κ3) is 2.38. The van der Waals surface area contributed by atoms with Crippen molar-refractivity contribution in [3.05, 3.63) is 64.1 Å². The van der Waals surface area contributed by atoms with Crippen molar-refractivity contribution in [1.29, 1.82) is 0 Å². The van der Waals surface area contributed by atoms with Gasteiger partial charge >= 0.3 is 6.97 Å². The van der Waals surface area contributed by atoms with Crippen LogP contribution in [0.4, 0.5) is 8.63 Å². The fourth-order valence-electron chi connectivity index (χ4n) is 4.52. The van der Waals surface area contributed by atoms with Crippen LogP contribution in [0.1, 0.15) is 36.4 Å². The maximum atomic E-state index is 15.6. The molecule has 7 heteroatoms. The Morgan fingerprint density at radius 2 is 1.54 bits per heavy atom. The van der Waals surface area contributed by atoms with Crippen LogP contribution >= 0.6 is 0 Å². The minimum atomic E-state index is -3.98. The SMILES string of the molecule is COc1cc(OC)cc(C2=C3C(C)=CC(C)=[N+]3[B-](F)(F)n3c(C)cc(C)c32)c1. The standard InChI is InChI=1S/C21H23BF2N2O2/c1-12-7-14(3)25-20(12)19(16-9-17(27-5)11-18(10-16)28-6)21-13(2)8-15(4)26(21)22(25,23)24/h7-11H,1-6H3. The first-order chi connectivity index (χ1) is 13.2. The van der Waals surface area contributed by atoms with Gasteiger partial charge in [-0.2, -0.15) is 0 Å². The van der Waals surface area contributed by atoms with Crippen LogP contribution in [-0.2, 0) is 0 Å². The van der Waals surface area contributed by atoms with Gasteiger partial charge in [0.05, 0.1) is 19.8 Å². The van der Waals surface area contributed by atoms with E-state index in [-0.39, 0.29) is 0 Å². The summed E-state index contributed by atoms with van der Waals surface area (Å²) in [6, 6.07) is 7.33. The molecule has 4 rings (SSSR count). The van der Waals surface area contributed by atoms with Gasteiger partial charge in [-0.15, -0.1) is 0 Å². The molecule has 4 nitrogen and oxygen atoms in total. The molecule has 0 fully saturated rings. The maximum Gasteiger partial charge on any atom is 0.737 e. The highest BCUT2D eigenvalue weighted by molar-refractivity contribution is 6.58. The van der Waals surface area contributed by atoms with E-state index in [1.807, 2.05) is 38.1 Å². The first-order valence-corrected chi connectivity index (χ1v) is 9.21. The molecule has 0 N–H and O–H groups in total. The molecule has 146 valence electrons. The van der Waals surface area contributed by atoms with E-state index >= 15 is 8.63 Å². The highest BCUT2D eigenvalue weighted by Crippen LogP contribution is 2.45. The average Bonchev–Trinajstić information content (AvgIpc) is 3.11. The van der Waals surface area contributed by atoms with E-state index < -0.39 is 6.97 Å². The van der Waals surface area contributed by atoms with E-state index in [1.165, 1.54) is 8.96 Å². The average molecular weight is 384 g/mol. The van der Waals surface area contributed by atoms with Crippen molar-refractivity contribution in [3.63, 3.8) is 0 Å². The summed E-state index contributed by atoms with van der Waals surface area (Å²) in [6.07, 6.45) is 1.82. The van der Waals surface area contributed by atoms with E-state index in [9.17, 15) is 0 Å². The number of benzene rings is 1. The number of fused-ring (bicyclic) bond motifs is 2. The Morgan fingerprint density at radius 1 is 0.929 bits per heavy atom. The van der Waals surface area contributed by atoms with Gasteiger partial charge in [0, 0.05) is 30.3 Å². The summed E-state index contributed by atoms with van der Waals surface area (Å²) in [4.78, 5) is 0. The summed E-state index contributed by atoms with van der Waals surface area (Å²) in [7, 11) is 3.16. The number of aromatic nitrogens is 1. The monoisotopic (exact) mass is 384 g/mol. The van der Waals surface area contributed by atoms with Gasteiger partial charge < -0.3 is 27.1 Å². The molecule has 0 aliphatic carbocycles. The third-order valence-corrected chi connectivity index (χ3v) is 5.57. The van der Waals surface area contributed by atoms with E-state index in [1.54, 1.807) is 34.1 Å². The predicted octanol–water partition coefficient (Wildman–Crippen LogP) is 4.55. The van der Waals surface area contributed by atoms with Crippen molar-refractivity contribution < 1.29 is 22.6 Å². The predicted molar refractivity (Wildman–Crippen MR) is 108 cm³/mol. The van der Waals surface area contributed by atoms with E-state index in [0.29, 0.717) is 34.3 Å². The van der Waals surface area contributed by atoms with E-state index in [0.717, 1.165) is 22.3 Å². The van der Waals surface area contributed by atoms with Crippen molar-refractivity contribution in [2.45, 2.75) is 27.7 Å². The number of rotatable bonds is 3. The fourth-order valence-corrected chi connectivity index (χ4v) is 4.52. The van der Waals surface area contributed by atoms with Crippen LogP contribution in [0.25, 0.3) is 5.57 Å². The van der Waals surface area contributed by atoms with E-state index in [2.05, 4.69) is 0 Å². The van der Waals surface area contributed by atoms with Gasteiger partial charge in [-0.05, 0) is 55.8 Å². The highest BCUT2D eigenvalue weighted by Gasteiger charge is 2.55. The zero-order valence-electron chi connectivity index (χ0n) is 16.9. The molecular formula is C21H23BF2N2O2. The summed E-state index contributed by atoms with van der Waals surface area (Å²) in [6.45, 7) is 3.23. The minimum Gasteiger partial charge on any atom is -0.497 e. The minimum absolute atomic E-state index is 0.543. The van der Waals surface area contributed by atoms with Crippen LogP contribution in [0.15, 0.2) is 41.6 Å². The summed E-state index contributed by atoms with van der Waals surface area (Å²) in [5, 5.41) is 0. The quantitative estimate of drug-likeness (QED) is 0.726. The second-order valence-electron chi connectivity index (χ2n) is 7.44. The van der Waals surface area contributed by atoms with Crippen molar-refractivity contribution in [3.8, 4) is 11.5 Å². The molecular weight excluding hydrogens is 361 g/mol. The molecule has 0 radical (unpaired) electrons. The summed E-state index contributed by atoms with van der Waals surface area (Å²) in [5.74, 6) is 1.23. The molecule has 2 aliphatic rings. The summed E-state index contributed by atoms with van der Waals surface area (Å²) in [5.41, 5.74) is 5.37. The van der Waals surface area contributed by atoms with Gasteiger partial charge in [0.1, 0.15) is 17.2 Å². The Labute approximate surface area is 163 Å². The lowest BCUT2D eigenvalue weighted by molar-refractivity contribution is -0.363. The number of halogens is 2. The Morgan fingerprint density at radius 3 is 2.11 bits per heavy atom. The molecule has 2 aromatic rings. The van der Waals surface area contributed by atoms with Gasteiger partial charge in [-0.3, -0.25) is 0 Å². The number of methoxy groups -OCH3 is 2. The molecule has 2 aliphatic heterocycles. The van der Waals surface area contributed by atoms with Crippen molar-refractivity contribution in [1.82, 2.24) is 4.48 Å². The summed E-state index contributed by atoms with van der Waals surface area (Å²) >= 11 is 0. The molecule has 28 heavy (non-hydrogen) atoms. The molecule has 3 heterocycles. The molecule has 0 spiro atoms. The van der Waals surface area contributed by atoms with Gasteiger partial charge in [0.2, 0.25) is 0 Å². The molecule has 0 unspecified atom stereocenters. The number of aryl methyl sites for hydroxylation is 2. The largest absolute Gasteiger partial charge is 0.737 e. The van der Waals surface area contributed by atoms with Crippen LogP contribution in [0.2, 0.25) is 0 Å². The lowest BCUT2D eigenvalue weighted by Crippen LogP contribution is -2.51. The Kier molecular flexibility index (Phi) is 4.03. The number of hydrogen-bond donors (Lipinski definition) is 0. The fraction of sp³-hybridized carbons (Fsp3) is 0.286. The zero-order valence-corrected chi connectivity index (χ0v) is 16.9. The van der Waals surface area contributed by atoms with Crippen LogP contribution in [-0.4, -0.2) is 35.9 Å². The molecule has 1 aromatic heterocycles. The van der Waals surface area contributed by atoms with Crippen LogP contribution in [0, 0.1) is 13.8 Å². The van der Waals surface area contributed by atoms with Gasteiger partial charge in [-0.1, -0.05) is 0 Å². The topological polar surface area (TPSA) is 26.4 Å². The lowest BCUT2D eigenvalue weighted by atomic mass is 9.83. The normalized spacial score (nSPS) is 17.5. The number of hydrogen-bond acceptors (Lipinski definition) is 2. The second-order valence-corrected chi connectivity index (χ2v) is 7.44. The highest BCUT2D eigenvalue weighted by atomic mass is 19.2. The summed E-state index contributed by atoms with van der Waals surface area (Å²) < 4.78 is 44.5. The Bertz CT molecular complexity index is 1090. The van der Waals surface area contributed by atoms with Gasteiger partial charge in [0.15, 0.2) is 5.70 Å². The molecule has 0 atom stereocenters. The number of allylic oxidation sites excluding steroid dienone is 2. The first kappa shape index (κ1) is 18.5. The Hall–Kier alpha value is -2.83. The lowest BCUT2D eigenvalue weighted by Gasteiger charge is -2.34. The van der Waals surface area contributed by atoms with Crippen LogP contribution in [0.5, 0.6) is 11.5 Å². The van der Waals surface area contributed by atoms with Crippen LogP contribution in [0.3, 0.4) is 0 Å². The molecule has 0 amide bonds. The van der Waals surface area contributed by atoms with Crippen LogP contribution < -0.4 is 9.47 Å².